The van der Waals surface area contributed by atoms with Gasteiger partial charge in [-0.3, -0.25) is 4.98 Å². The van der Waals surface area contributed by atoms with E-state index in [0.717, 1.165) is 72.5 Å². The van der Waals surface area contributed by atoms with Crippen molar-refractivity contribution in [2.24, 2.45) is 0 Å². The van der Waals surface area contributed by atoms with E-state index in [-0.39, 0.29) is 0 Å². The van der Waals surface area contributed by atoms with Crippen LogP contribution in [-0.4, -0.2) is 29.1 Å². The second-order valence-electron chi connectivity index (χ2n) is 20.6. The highest BCUT2D eigenvalue weighted by Gasteiger charge is 2.26. The van der Waals surface area contributed by atoms with Crippen LogP contribution in [0.3, 0.4) is 0 Å². The molecular weight excluding hydrogens is 949 g/mol. The lowest BCUT2D eigenvalue weighted by Gasteiger charge is -2.22. The van der Waals surface area contributed by atoms with Crippen LogP contribution in [0, 0.1) is 27.7 Å². The van der Waals surface area contributed by atoms with Crippen LogP contribution in [0.2, 0.25) is 0 Å². The molecule has 6 nitrogen and oxygen atoms in total. The Morgan fingerprint density at radius 2 is 0.744 bits per heavy atom. The summed E-state index contributed by atoms with van der Waals surface area (Å²) < 4.78 is 4.91. The highest BCUT2D eigenvalue weighted by molar-refractivity contribution is 6.13. The summed E-state index contributed by atoms with van der Waals surface area (Å²) in [6, 6.07) is 85.1. The third-order valence-electron chi connectivity index (χ3n) is 15.1. The van der Waals surface area contributed by atoms with Crippen molar-refractivity contribution in [1.82, 2.24) is 29.1 Å². The van der Waals surface area contributed by atoms with E-state index >= 15 is 0 Å². The quantitative estimate of drug-likeness (QED) is 0.145. The zero-order chi connectivity index (χ0) is 52.4. The van der Waals surface area contributed by atoms with Gasteiger partial charge < -0.3 is 9.13 Å². The van der Waals surface area contributed by atoms with E-state index in [9.17, 15) is 0 Å². The van der Waals surface area contributed by atoms with Gasteiger partial charge in [-0.2, -0.15) is 0 Å². The Labute approximate surface area is 453 Å². The van der Waals surface area contributed by atoms with E-state index in [0.29, 0.717) is 17.5 Å². The Bertz CT molecular complexity index is 4550. The molecule has 0 fully saturated rings. The van der Waals surface area contributed by atoms with Gasteiger partial charge in [0.25, 0.3) is 0 Å². The van der Waals surface area contributed by atoms with Crippen molar-refractivity contribution in [3.63, 3.8) is 0 Å². The van der Waals surface area contributed by atoms with Crippen LogP contribution in [0.4, 0.5) is 0 Å². The minimum atomic E-state index is 0.573. The summed E-state index contributed by atoms with van der Waals surface area (Å²) in [4.78, 5) is 20.8. The lowest BCUT2D eigenvalue weighted by Crippen LogP contribution is -2.05. The molecule has 0 N–H and O–H groups in total. The summed E-state index contributed by atoms with van der Waals surface area (Å²) >= 11 is 0. The third-order valence-corrected chi connectivity index (χ3v) is 15.1. The third kappa shape index (κ3) is 8.14. The maximum Gasteiger partial charge on any atom is 0.164 e. The predicted octanol–water partition coefficient (Wildman–Crippen LogP) is 18.4. The number of hydrogen-bond donors (Lipinski definition) is 0. The van der Waals surface area contributed by atoms with E-state index in [2.05, 4.69) is 231 Å². The molecule has 4 heterocycles. The van der Waals surface area contributed by atoms with Crippen molar-refractivity contribution in [3.05, 3.63) is 265 Å². The highest BCUT2D eigenvalue weighted by atomic mass is 15.0. The maximum atomic E-state index is 5.31. The number of benzene rings is 10. The number of fused-ring (bicyclic) bond motifs is 6. The normalized spacial score (nSPS) is 11.6. The smallest absolute Gasteiger partial charge is 0.164 e. The minimum Gasteiger partial charge on any atom is -0.309 e. The first-order chi connectivity index (χ1) is 38.3. The van der Waals surface area contributed by atoms with Gasteiger partial charge in [0, 0.05) is 61.1 Å². The van der Waals surface area contributed by atoms with Gasteiger partial charge in [-0.25, -0.2) is 15.0 Å². The molecule has 370 valence electrons. The van der Waals surface area contributed by atoms with Crippen molar-refractivity contribution >= 4 is 43.6 Å². The lowest BCUT2D eigenvalue weighted by molar-refractivity contribution is 1.07. The van der Waals surface area contributed by atoms with Crippen LogP contribution >= 0.6 is 0 Å². The molecule has 10 aromatic carbocycles. The molecule has 0 aliphatic carbocycles. The topological polar surface area (TPSA) is 61.4 Å². The van der Waals surface area contributed by atoms with Gasteiger partial charge in [0.1, 0.15) is 0 Å². The SMILES string of the molecule is Cc1cc(C)cc(-c2ccc3c(c2)c2ccccc2n3-c2ccc(-c3nc(-c4ccccc4)nc(-c4ccccc4)n3)cc2-c2c(-c3ccccn3)cccc2-n2c3ccccc3c3cc(-c4cc(C)cc(C)c4)ccc32)c1. The van der Waals surface area contributed by atoms with Crippen LogP contribution in [0.1, 0.15) is 22.3 Å². The number of para-hydroxylation sites is 2. The summed E-state index contributed by atoms with van der Waals surface area (Å²) in [5.74, 6) is 1.78. The van der Waals surface area contributed by atoms with Gasteiger partial charge in [0.05, 0.1) is 39.1 Å². The Balaban J connectivity index is 1.09. The molecule has 0 saturated heterocycles. The molecule has 6 heteroatoms. The minimum absolute atomic E-state index is 0.573. The molecule has 0 spiro atoms. The summed E-state index contributed by atoms with van der Waals surface area (Å²) in [6.45, 7) is 8.70. The number of aryl methyl sites for hydroxylation is 4. The molecular formula is C72H52N6. The van der Waals surface area contributed by atoms with Gasteiger partial charge in [0.15, 0.2) is 17.5 Å². The Morgan fingerprint density at radius 3 is 1.27 bits per heavy atom. The molecule has 78 heavy (non-hydrogen) atoms. The van der Waals surface area contributed by atoms with Crippen LogP contribution < -0.4 is 0 Å². The predicted molar refractivity (Wildman–Crippen MR) is 323 cm³/mol. The molecule has 14 aromatic rings. The number of aromatic nitrogens is 6. The largest absolute Gasteiger partial charge is 0.309 e. The first-order valence-electron chi connectivity index (χ1n) is 26.6. The number of hydrogen-bond acceptors (Lipinski definition) is 4. The van der Waals surface area contributed by atoms with Crippen molar-refractivity contribution in [3.8, 4) is 90.2 Å². The monoisotopic (exact) mass is 1000 g/mol. The van der Waals surface area contributed by atoms with Crippen LogP contribution in [0.25, 0.3) is 134 Å². The van der Waals surface area contributed by atoms with Gasteiger partial charge >= 0.3 is 0 Å². The fraction of sp³-hybridized carbons (Fsp3) is 0.0556. The number of nitrogens with zero attached hydrogens (tertiary/aromatic N) is 6. The molecule has 0 atom stereocenters. The average molecular weight is 1000 g/mol. The average Bonchev–Trinajstić information content (AvgIpc) is 4.22. The van der Waals surface area contributed by atoms with E-state index in [1.807, 2.05) is 48.7 Å². The molecule has 4 aromatic heterocycles. The zero-order valence-electron chi connectivity index (χ0n) is 43.8. The highest BCUT2D eigenvalue weighted by Crippen LogP contribution is 2.46. The van der Waals surface area contributed by atoms with E-state index in [1.165, 1.54) is 66.1 Å². The second kappa shape index (κ2) is 19.0. The molecule has 0 bridgehead atoms. The number of rotatable bonds is 9. The van der Waals surface area contributed by atoms with Gasteiger partial charge in [-0.05, 0) is 123 Å². The van der Waals surface area contributed by atoms with Gasteiger partial charge in [-0.15, -0.1) is 0 Å². The molecule has 0 amide bonds. The second-order valence-corrected chi connectivity index (χ2v) is 20.6. The molecule has 0 aliphatic heterocycles. The van der Waals surface area contributed by atoms with Crippen LogP contribution in [0.15, 0.2) is 243 Å². The molecule has 0 saturated carbocycles. The Kier molecular flexibility index (Phi) is 11.3. The number of pyridine rings is 1. The molecule has 14 rings (SSSR count). The van der Waals surface area contributed by atoms with Crippen molar-refractivity contribution in [2.75, 3.05) is 0 Å². The van der Waals surface area contributed by atoms with E-state index in [4.69, 9.17) is 19.9 Å². The fourth-order valence-electron chi connectivity index (χ4n) is 11.9. The van der Waals surface area contributed by atoms with Crippen molar-refractivity contribution < 1.29 is 0 Å². The standard InChI is InChI=1S/C72H52N6/c1-45-36-46(2)39-54(38-45)51-29-32-65-59(42-51)56-22-11-13-26-63(56)77(65)67-34-31-53(72-75-70(49-18-7-5-8-19-49)74-71(76-72)50-20-9-6-10-21-50)44-61(67)69-58(62-25-15-16-35-73-62)24-17-28-68(69)78-64-27-14-12-23-57(64)60-43-52(30-33-66(60)78)55-40-47(3)37-48(4)41-55/h5-44H,1-4H3. The first-order valence-corrected chi connectivity index (χ1v) is 26.6. The van der Waals surface area contributed by atoms with Gasteiger partial charge in [-0.1, -0.05) is 186 Å². The summed E-state index contributed by atoms with van der Waals surface area (Å²) in [6.07, 6.45) is 1.89. The van der Waals surface area contributed by atoms with Crippen LogP contribution in [0.5, 0.6) is 0 Å². The Hall–Kier alpha value is -10.0. The molecule has 0 radical (unpaired) electrons. The fourth-order valence-corrected chi connectivity index (χ4v) is 11.9. The molecule has 0 unspecified atom stereocenters. The first kappa shape index (κ1) is 46.5. The summed E-state index contributed by atoms with van der Waals surface area (Å²) in [7, 11) is 0. The summed E-state index contributed by atoms with van der Waals surface area (Å²) in [5.41, 5.74) is 22.8. The van der Waals surface area contributed by atoms with Crippen LogP contribution in [-0.2, 0) is 0 Å². The van der Waals surface area contributed by atoms with Gasteiger partial charge in [0.2, 0.25) is 0 Å². The van der Waals surface area contributed by atoms with E-state index in [1.54, 1.807) is 0 Å². The molecule has 0 aliphatic rings. The van der Waals surface area contributed by atoms with Crippen molar-refractivity contribution in [1.29, 1.82) is 0 Å². The van der Waals surface area contributed by atoms with E-state index < -0.39 is 0 Å². The maximum absolute atomic E-state index is 5.31. The Morgan fingerprint density at radius 1 is 0.282 bits per heavy atom. The summed E-state index contributed by atoms with van der Waals surface area (Å²) in [5, 5.41) is 4.71. The zero-order valence-corrected chi connectivity index (χ0v) is 43.8. The van der Waals surface area contributed by atoms with Crippen molar-refractivity contribution in [2.45, 2.75) is 27.7 Å². The lowest BCUT2D eigenvalue weighted by atomic mass is 9.92.